The standard InChI is InChI=1S/C12H15ClFNO4S/c1-12(2,3)10(11(16)17)15-20(18,19)9-6-7(14)4-5-8(9)13/h4-6,10,15H,1-3H3,(H,16,17)/t10-/m1/s1. The Bertz CT molecular complexity index is 625. The van der Waals surface area contributed by atoms with E-state index < -0.39 is 38.2 Å². The van der Waals surface area contributed by atoms with Crippen LogP contribution in [0.5, 0.6) is 0 Å². The van der Waals surface area contributed by atoms with Crippen molar-refractivity contribution in [2.45, 2.75) is 31.7 Å². The summed E-state index contributed by atoms with van der Waals surface area (Å²) in [5.41, 5.74) is -0.862. The fraction of sp³-hybridized carbons (Fsp3) is 0.417. The molecule has 0 aliphatic heterocycles. The third-order valence-corrected chi connectivity index (χ3v) is 4.47. The number of sulfonamides is 1. The van der Waals surface area contributed by atoms with Gasteiger partial charge in [-0.2, -0.15) is 4.72 Å². The van der Waals surface area contributed by atoms with Crippen LogP contribution < -0.4 is 4.72 Å². The molecule has 0 unspecified atom stereocenters. The van der Waals surface area contributed by atoms with Gasteiger partial charge in [-0.05, 0) is 23.6 Å². The van der Waals surface area contributed by atoms with Gasteiger partial charge >= 0.3 is 5.97 Å². The lowest BCUT2D eigenvalue weighted by atomic mass is 9.88. The quantitative estimate of drug-likeness (QED) is 0.890. The molecule has 0 amide bonds. The van der Waals surface area contributed by atoms with Crippen molar-refractivity contribution in [3.63, 3.8) is 0 Å². The van der Waals surface area contributed by atoms with Crippen LogP contribution in [0.1, 0.15) is 20.8 Å². The molecule has 5 nitrogen and oxygen atoms in total. The maximum absolute atomic E-state index is 13.1. The molecule has 1 aromatic rings. The summed E-state index contributed by atoms with van der Waals surface area (Å²) in [6.07, 6.45) is 0. The van der Waals surface area contributed by atoms with Gasteiger partial charge in [0.15, 0.2) is 0 Å². The average molecular weight is 324 g/mol. The van der Waals surface area contributed by atoms with Crippen molar-refractivity contribution in [2.24, 2.45) is 5.41 Å². The monoisotopic (exact) mass is 323 g/mol. The van der Waals surface area contributed by atoms with Crippen LogP contribution >= 0.6 is 11.6 Å². The number of hydrogen-bond acceptors (Lipinski definition) is 3. The van der Waals surface area contributed by atoms with E-state index >= 15 is 0 Å². The molecule has 1 atom stereocenters. The SMILES string of the molecule is CC(C)(C)[C@H](NS(=O)(=O)c1cc(F)ccc1Cl)C(=O)O. The van der Waals surface area contributed by atoms with E-state index in [0.29, 0.717) is 0 Å². The molecule has 0 aliphatic carbocycles. The molecule has 8 heteroatoms. The highest BCUT2D eigenvalue weighted by atomic mass is 35.5. The zero-order chi connectivity index (χ0) is 15.7. The first-order valence-electron chi connectivity index (χ1n) is 5.65. The van der Waals surface area contributed by atoms with Gasteiger partial charge in [0.2, 0.25) is 10.0 Å². The summed E-state index contributed by atoms with van der Waals surface area (Å²) in [5.74, 6) is -2.11. The lowest BCUT2D eigenvalue weighted by Crippen LogP contribution is -2.49. The summed E-state index contributed by atoms with van der Waals surface area (Å²) >= 11 is 5.72. The first-order valence-corrected chi connectivity index (χ1v) is 7.51. The summed E-state index contributed by atoms with van der Waals surface area (Å²) < 4.78 is 39.5. The van der Waals surface area contributed by atoms with Crippen LogP contribution in [0, 0.1) is 11.2 Å². The molecule has 2 N–H and O–H groups in total. The molecule has 1 rings (SSSR count). The predicted molar refractivity (Wildman–Crippen MR) is 72.6 cm³/mol. The van der Waals surface area contributed by atoms with E-state index in [9.17, 15) is 17.6 Å². The second-order valence-corrected chi connectivity index (χ2v) is 7.42. The molecule has 0 radical (unpaired) electrons. The molecular formula is C12H15ClFNO4S. The van der Waals surface area contributed by atoms with Gasteiger partial charge in [0.1, 0.15) is 16.8 Å². The molecule has 0 aliphatic rings. The first-order chi connectivity index (χ1) is 8.95. The van der Waals surface area contributed by atoms with Gasteiger partial charge in [0.25, 0.3) is 0 Å². The third-order valence-electron chi connectivity index (χ3n) is 2.57. The Morgan fingerprint density at radius 3 is 2.40 bits per heavy atom. The van der Waals surface area contributed by atoms with Crippen LogP contribution in [0.2, 0.25) is 5.02 Å². The number of halogens is 2. The summed E-state index contributed by atoms with van der Waals surface area (Å²) in [7, 11) is -4.24. The Labute approximate surface area is 121 Å². The van der Waals surface area contributed by atoms with Crippen LogP contribution in [-0.4, -0.2) is 25.5 Å². The fourth-order valence-corrected chi connectivity index (χ4v) is 3.41. The minimum atomic E-state index is -4.24. The Balaban J connectivity index is 3.24. The van der Waals surface area contributed by atoms with Gasteiger partial charge in [-0.1, -0.05) is 32.4 Å². The van der Waals surface area contributed by atoms with Crippen LogP contribution in [0.4, 0.5) is 4.39 Å². The Morgan fingerprint density at radius 1 is 1.40 bits per heavy atom. The highest BCUT2D eigenvalue weighted by Gasteiger charge is 2.36. The molecule has 20 heavy (non-hydrogen) atoms. The van der Waals surface area contributed by atoms with E-state index in [0.717, 1.165) is 18.2 Å². The van der Waals surface area contributed by atoms with Crippen molar-refractivity contribution in [3.05, 3.63) is 29.0 Å². The minimum absolute atomic E-state index is 0.183. The largest absolute Gasteiger partial charge is 0.480 e. The zero-order valence-corrected chi connectivity index (χ0v) is 12.7. The normalized spacial score (nSPS) is 14.1. The van der Waals surface area contributed by atoms with Crippen molar-refractivity contribution in [1.29, 1.82) is 0 Å². The van der Waals surface area contributed by atoms with Gasteiger partial charge in [0.05, 0.1) is 5.02 Å². The molecule has 0 heterocycles. The summed E-state index contributed by atoms with van der Waals surface area (Å²) in [4.78, 5) is 10.7. The van der Waals surface area contributed by atoms with Crippen molar-refractivity contribution in [1.82, 2.24) is 4.72 Å². The number of carbonyl (C=O) groups is 1. The topological polar surface area (TPSA) is 83.5 Å². The van der Waals surface area contributed by atoms with Crippen molar-refractivity contribution < 1.29 is 22.7 Å². The average Bonchev–Trinajstić information content (AvgIpc) is 2.27. The summed E-state index contributed by atoms with van der Waals surface area (Å²) in [6, 6.07) is 1.48. The number of hydrogen-bond donors (Lipinski definition) is 2. The molecule has 0 bridgehead atoms. The Kier molecular flexibility index (Phi) is 4.78. The van der Waals surface area contributed by atoms with Gasteiger partial charge in [-0.3, -0.25) is 4.79 Å². The van der Waals surface area contributed by atoms with Gasteiger partial charge in [-0.25, -0.2) is 12.8 Å². The molecule has 0 saturated carbocycles. The molecule has 112 valence electrons. The molecular weight excluding hydrogens is 309 g/mol. The second-order valence-electron chi connectivity index (χ2n) is 5.33. The third kappa shape index (κ3) is 3.91. The molecule has 1 aromatic carbocycles. The zero-order valence-electron chi connectivity index (χ0n) is 11.1. The Morgan fingerprint density at radius 2 is 1.95 bits per heavy atom. The van der Waals surface area contributed by atoms with E-state index in [4.69, 9.17) is 16.7 Å². The van der Waals surface area contributed by atoms with E-state index in [-0.39, 0.29) is 5.02 Å². The smallest absolute Gasteiger partial charge is 0.322 e. The molecule has 0 aromatic heterocycles. The van der Waals surface area contributed by atoms with Gasteiger partial charge in [0, 0.05) is 0 Å². The van der Waals surface area contributed by atoms with Crippen LogP contribution in [0.3, 0.4) is 0 Å². The number of aliphatic carboxylic acids is 1. The number of carboxylic acid groups (broad SMARTS) is 1. The highest BCUT2D eigenvalue weighted by Crippen LogP contribution is 2.25. The Hall–Kier alpha value is -1.18. The van der Waals surface area contributed by atoms with E-state index in [2.05, 4.69) is 0 Å². The number of benzene rings is 1. The maximum atomic E-state index is 13.1. The highest BCUT2D eigenvalue weighted by molar-refractivity contribution is 7.89. The number of nitrogens with one attached hydrogen (secondary N) is 1. The second kappa shape index (κ2) is 5.67. The summed E-state index contributed by atoms with van der Waals surface area (Å²) in [5, 5.41) is 8.93. The molecule has 0 fully saturated rings. The molecule has 0 spiro atoms. The lowest BCUT2D eigenvalue weighted by Gasteiger charge is -2.27. The van der Waals surface area contributed by atoms with E-state index in [1.54, 1.807) is 20.8 Å². The van der Waals surface area contributed by atoms with Gasteiger partial charge < -0.3 is 5.11 Å². The van der Waals surface area contributed by atoms with Crippen LogP contribution in [0.25, 0.3) is 0 Å². The van der Waals surface area contributed by atoms with Crippen molar-refractivity contribution >= 4 is 27.6 Å². The van der Waals surface area contributed by atoms with Crippen molar-refractivity contribution in [3.8, 4) is 0 Å². The minimum Gasteiger partial charge on any atom is -0.480 e. The lowest BCUT2D eigenvalue weighted by molar-refractivity contribution is -0.141. The number of carboxylic acids is 1. The van der Waals surface area contributed by atoms with Gasteiger partial charge in [-0.15, -0.1) is 0 Å². The van der Waals surface area contributed by atoms with E-state index in [1.165, 1.54) is 0 Å². The van der Waals surface area contributed by atoms with Crippen molar-refractivity contribution in [2.75, 3.05) is 0 Å². The maximum Gasteiger partial charge on any atom is 0.322 e. The fourth-order valence-electron chi connectivity index (χ4n) is 1.50. The molecule has 0 saturated heterocycles. The summed E-state index contributed by atoms with van der Waals surface area (Å²) in [6.45, 7) is 4.71. The predicted octanol–water partition coefficient (Wildman–Crippen LogP) is 2.26. The van der Waals surface area contributed by atoms with Crippen LogP contribution in [-0.2, 0) is 14.8 Å². The van der Waals surface area contributed by atoms with Crippen LogP contribution in [0.15, 0.2) is 23.1 Å². The van der Waals surface area contributed by atoms with E-state index in [1.807, 2.05) is 4.72 Å². The first kappa shape index (κ1) is 16.9. The number of rotatable bonds is 4.